The number of rotatable bonds is 5. The first kappa shape index (κ1) is 16.7. The quantitative estimate of drug-likeness (QED) is 0.656. The van der Waals surface area contributed by atoms with Crippen LogP contribution in [0.25, 0.3) is 0 Å². The summed E-state index contributed by atoms with van der Waals surface area (Å²) >= 11 is 7.06. The number of aryl methyl sites for hydroxylation is 1. The summed E-state index contributed by atoms with van der Waals surface area (Å²) in [4.78, 5) is 0. The Balaban J connectivity index is 2.43. The second kappa shape index (κ2) is 7.52. The Labute approximate surface area is 142 Å². The average molecular weight is 415 g/mol. The molecule has 0 radical (unpaired) electrons. The Morgan fingerprint density at radius 2 is 1.71 bits per heavy atom. The molecule has 0 fully saturated rings. The zero-order valence-corrected chi connectivity index (χ0v) is 15.3. The van der Waals surface area contributed by atoms with Gasteiger partial charge in [-0.15, -0.1) is 0 Å². The Morgan fingerprint density at radius 1 is 1.05 bits per heavy atom. The lowest BCUT2D eigenvalue weighted by Crippen LogP contribution is -2.23. The van der Waals surface area contributed by atoms with E-state index in [0.717, 1.165) is 33.0 Å². The summed E-state index contributed by atoms with van der Waals surface area (Å²) < 4.78 is 15.6. The standard InChI is InChI=1S/C17H18Br2FN/c1-3-6-21-17(12-4-5-16(20)11(2)7-12)13-8-14(18)10-15(19)9-13/h4-5,7-10,17,21H,3,6H2,1-2H3. The van der Waals surface area contributed by atoms with Gasteiger partial charge in [0.2, 0.25) is 0 Å². The smallest absolute Gasteiger partial charge is 0.126 e. The van der Waals surface area contributed by atoms with Crippen LogP contribution < -0.4 is 5.32 Å². The monoisotopic (exact) mass is 413 g/mol. The van der Waals surface area contributed by atoms with E-state index in [2.05, 4.69) is 56.2 Å². The molecule has 0 bridgehead atoms. The van der Waals surface area contributed by atoms with E-state index in [0.29, 0.717) is 5.56 Å². The molecule has 112 valence electrons. The van der Waals surface area contributed by atoms with Crippen LogP contribution in [0.5, 0.6) is 0 Å². The largest absolute Gasteiger partial charge is 0.306 e. The van der Waals surface area contributed by atoms with Gasteiger partial charge in [-0.25, -0.2) is 4.39 Å². The Morgan fingerprint density at radius 3 is 2.29 bits per heavy atom. The van der Waals surface area contributed by atoms with Gasteiger partial charge in [-0.3, -0.25) is 0 Å². The van der Waals surface area contributed by atoms with Gasteiger partial charge >= 0.3 is 0 Å². The van der Waals surface area contributed by atoms with E-state index in [-0.39, 0.29) is 11.9 Å². The molecule has 0 amide bonds. The Hall–Kier alpha value is -0.710. The average Bonchev–Trinajstić information content (AvgIpc) is 2.42. The van der Waals surface area contributed by atoms with Crippen molar-refractivity contribution in [3.63, 3.8) is 0 Å². The van der Waals surface area contributed by atoms with Crippen molar-refractivity contribution in [2.24, 2.45) is 0 Å². The molecule has 2 aromatic carbocycles. The molecule has 0 spiro atoms. The van der Waals surface area contributed by atoms with Gasteiger partial charge in [0.25, 0.3) is 0 Å². The maximum absolute atomic E-state index is 13.5. The van der Waals surface area contributed by atoms with E-state index < -0.39 is 0 Å². The number of benzene rings is 2. The number of hydrogen-bond donors (Lipinski definition) is 1. The molecule has 0 saturated carbocycles. The van der Waals surface area contributed by atoms with Gasteiger partial charge in [-0.2, -0.15) is 0 Å². The summed E-state index contributed by atoms with van der Waals surface area (Å²) in [5.41, 5.74) is 2.90. The number of nitrogens with one attached hydrogen (secondary N) is 1. The highest BCUT2D eigenvalue weighted by Crippen LogP contribution is 2.29. The third-order valence-electron chi connectivity index (χ3n) is 3.33. The Kier molecular flexibility index (Phi) is 5.97. The van der Waals surface area contributed by atoms with Gasteiger partial charge in [0.15, 0.2) is 0 Å². The summed E-state index contributed by atoms with van der Waals surface area (Å²) in [6, 6.07) is 11.6. The van der Waals surface area contributed by atoms with Crippen molar-refractivity contribution in [2.75, 3.05) is 6.54 Å². The summed E-state index contributed by atoms with van der Waals surface area (Å²) in [5.74, 6) is -0.164. The SMILES string of the molecule is CCCNC(c1cc(Br)cc(Br)c1)c1ccc(F)c(C)c1. The molecule has 0 heterocycles. The van der Waals surface area contributed by atoms with Crippen molar-refractivity contribution in [3.05, 3.63) is 67.9 Å². The third-order valence-corrected chi connectivity index (χ3v) is 4.25. The lowest BCUT2D eigenvalue weighted by Gasteiger charge is -2.21. The zero-order valence-electron chi connectivity index (χ0n) is 12.1. The molecule has 0 aliphatic heterocycles. The molecule has 1 atom stereocenters. The van der Waals surface area contributed by atoms with Gasteiger partial charge in [0.1, 0.15) is 5.82 Å². The second-order valence-electron chi connectivity index (χ2n) is 5.10. The molecule has 0 aromatic heterocycles. The van der Waals surface area contributed by atoms with Gasteiger partial charge in [-0.05, 0) is 60.8 Å². The van der Waals surface area contributed by atoms with Crippen LogP contribution in [0.15, 0.2) is 45.3 Å². The number of hydrogen-bond acceptors (Lipinski definition) is 1. The minimum Gasteiger partial charge on any atom is -0.306 e. The van der Waals surface area contributed by atoms with E-state index in [1.807, 2.05) is 18.2 Å². The fourth-order valence-corrected chi connectivity index (χ4v) is 3.64. The lowest BCUT2D eigenvalue weighted by molar-refractivity contribution is 0.590. The van der Waals surface area contributed by atoms with Gasteiger partial charge in [-0.1, -0.05) is 50.9 Å². The first-order chi connectivity index (χ1) is 10.0. The van der Waals surface area contributed by atoms with Gasteiger partial charge in [0, 0.05) is 8.95 Å². The molecule has 1 unspecified atom stereocenters. The van der Waals surface area contributed by atoms with Crippen molar-refractivity contribution >= 4 is 31.9 Å². The fourth-order valence-electron chi connectivity index (χ4n) is 2.31. The van der Waals surface area contributed by atoms with E-state index in [4.69, 9.17) is 0 Å². The van der Waals surface area contributed by atoms with Crippen LogP contribution in [0, 0.1) is 12.7 Å². The molecule has 2 rings (SSSR count). The van der Waals surface area contributed by atoms with E-state index in [1.165, 1.54) is 0 Å². The molecule has 0 aliphatic rings. The maximum Gasteiger partial charge on any atom is 0.126 e. The van der Waals surface area contributed by atoms with Crippen molar-refractivity contribution in [1.29, 1.82) is 0 Å². The van der Waals surface area contributed by atoms with Crippen LogP contribution in [0.4, 0.5) is 4.39 Å². The maximum atomic E-state index is 13.5. The van der Waals surface area contributed by atoms with Crippen molar-refractivity contribution in [2.45, 2.75) is 26.3 Å². The van der Waals surface area contributed by atoms with Crippen LogP contribution in [-0.4, -0.2) is 6.54 Å². The van der Waals surface area contributed by atoms with E-state index in [1.54, 1.807) is 13.0 Å². The summed E-state index contributed by atoms with van der Waals surface area (Å²) in [6.45, 7) is 4.84. The molecule has 21 heavy (non-hydrogen) atoms. The third kappa shape index (κ3) is 4.38. The highest BCUT2D eigenvalue weighted by molar-refractivity contribution is 9.11. The molecular weight excluding hydrogens is 397 g/mol. The summed E-state index contributed by atoms with van der Waals surface area (Å²) in [6.07, 6.45) is 1.05. The predicted molar refractivity (Wildman–Crippen MR) is 93.1 cm³/mol. The van der Waals surface area contributed by atoms with Crippen molar-refractivity contribution in [1.82, 2.24) is 5.32 Å². The van der Waals surface area contributed by atoms with Crippen molar-refractivity contribution < 1.29 is 4.39 Å². The second-order valence-corrected chi connectivity index (χ2v) is 6.93. The normalized spacial score (nSPS) is 12.4. The minimum atomic E-state index is -0.164. The van der Waals surface area contributed by atoms with Gasteiger partial charge in [0.05, 0.1) is 6.04 Å². The highest BCUT2D eigenvalue weighted by Gasteiger charge is 2.15. The van der Waals surface area contributed by atoms with Crippen LogP contribution in [0.2, 0.25) is 0 Å². The molecule has 4 heteroatoms. The summed E-state index contributed by atoms with van der Waals surface area (Å²) in [7, 11) is 0. The molecule has 0 saturated heterocycles. The number of halogens is 3. The first-order valence-electron chi connectivity index (χ1n) is 6.96. The molecular formula is C17H18Br2FN. The first-order valence-corrected chi connectivity index (χ1v) is 8.55. The Bertz CT molecular complexity index is 608. The van der Waals surface area contributed by atoms with Crippen LogP contribution in [0.1, 0.15) is 36.1 Å². The summed E-state index contributed by atoms with van der Waals surface area (Å²) in [5, 5.41) is 3.54. The van der Waals surface area contributed by atoms with Crippen molar-refractivity contribution in [3.8, 4) is 0 Å². The lowest BCUT2D eigenvalue weighted by atomic mass is 9.97. The van der Waals surface area contributed by atoms with Gasteiger partial charge < -0.3 is 5.32 Å². The predicted octanol–water partition coefficient (Wildman–Crippen LogP) is 5.75. The van der Waals surface area contributed by atoms with E-state index >= 15 is 0 Å². The molecule has 1 nitrogen and oxygen atoms in total. The van der Waals surface area contributed by atoms with E-state index in [9.17, 15) is 4.39 Å². The molecule has 1 N–H and O–H groups in total. The van der Waals surface area contributed by atoms with Crippen LogP contribution in [0.3, 0.4) is 0 Å². The van der Waals surface area contributed by atoms with Crippen LogP contribution in [-0.2, 0) is 0 Å². The van der Waals surface area contributed by atoms with Crippen LogP contribution >= 0.6 is 31.9 Å². The zero-order chi connectivity index (χ0) is 15.4. The fraction of sp³-hybridized carbons (Fsp3) is 0.294. The molecule has 2 aromatic rings. The topological polar surface area (TPSA) is 12.0 Å². The minimum absolute atomic E-state index is 0.0537. The molecule has 0 aliphatic carbocycles. The highest BCUT2D eigenvalue weighted by atomic mass is 79.9.